The third-order valence-electron chi connectivity index (χ3n) is 4.91. The van der Waals surface area contributed by atoms with E-state index in [0.29, 0.717) is 23.2 Å². The summed E-state index contributed by atoms with van der Waals surface area (Å²) in [6.45, 7) is 3.30. The second-order valence-electron chi connectivity index (χ2n) is 7.56. The van der Waals surface area contributed by atoms with Gasteiger partial charge >= 0.3 is 0 Å². The van der Waals surface area contributed by atoms with Crippen LogP contribution in [0.3, 0.4) is 0 Å². The molecule has 1 aromatic heterocycles. The van der Waals surface area contributed by atoms with Gasteiger partial charge in [-0.2, -0.15) is 0 Å². The van der Waals surface area contributed by atoms with Gasteiger partial charge in [-0.05, 0) is 64.3 Å². The van der Waals surface area contributed by atoms with Crippen molar-refractivity contribution in [2.45, 2.75) is 25.6 Å². The number of rotatable bonds is 6. The van der Waals surface area contributed by atoms with Gasteiger partial charge in [0, 0.05) is 11.0 Å². The molecule has 0 aliphatic carbocycles. The molecule has 0 saturated heterocycles. The van der Waals surface area contributed by atoms with Crippen LogP contribution in [0, 0.1) is 0 Å². The number of hydrogen-bond donors (Lipinski definition) is 0. The largest absolute Gasteiger partial charge is 0.482 e. The van der Waals surface area contributed by atoms with E-state index in [1.807, 2.05) is 63.5 Å². The molecule has 0 bridgehead atoms. The number of aromatic nitrogens is 1. The molecular weight excluding hydrogens is 466 g/mol. The van der Waals surface area contributed by atoms with E-state index in [4.69, 9.17) is 14.5 Å². The van der Waals surface area contributed by atoms with Gasteiger partial charge in [-0.1, -0.05) is 39.4 Å². The van der Waals surface area contributed by atoms with Gasteiger partial charge in [0.25, 0.3) is 5.91 Å². The van der Waals surface area contributed by atoms with Crippen molar-refractivity contribution in [1.82, 2.24) is 9.88 Å². The van der Waals surface area contributed by atoms with Crippen molar-refractivity contribution < 1.29 is 14.3 Å². The van der Waals surface area contributed by atoms with Crippen LogP contribution in [0.4, 0.5) is 5.13 Å². The van der Waals surface area contributed by atoms with Crippen LogP contribution in [-0.4, -0.2) is 55.2 Å². The number of halogens is 1. The molecule has 0 radical (unpaired) electrons. The van der Waals surface area contributed by atoms with E-state index >= 15 is 0 Å². The van der Waals surface area contributed by atoms with E-state index in [1.54, 1.807) is 4.90 Å². The molecule has 0 fully saturated rings. The average molecular weight is 490 g/mol. The van der Waals surface area contributed by atoms with Gasteiger partial charge in [-0.3, -0.25) is 9.69 Å². The van der Waals surface area contributed by atoms with Crippen molar-refractivity contribution in [3.8, 4) is 11.5 Å². The van der Waals surface area contributed by atoms with Gasteiger partial charge in [0.1, 0.15) is 6.10 Å². The van der Waals surface area contributed by atoms with Crippen LogP contribution in [0.2, 0.25) is 0 Å². The number of para-hydroxylation sites is 2. The number of ether oxygens (including phenoxy) is 2. The van der Waals surface area contributed by atoms with Gasteiger partial charge in [-0.25, -0.2) is 4.98 Å². The zero-order valence-electron chi connectivity index (χ0n) is 17.2. The highest BCUT2D eigenvalue weighted by molar-refractivity contribution is 9.10. The molecule has 2 atom stereocenters. The fourth-order valence-corrected chi connectivity index (χ4v) is 4.94. The van der Waals surface area contributed by atoms with Crippen molar-refractivity contribution in [1.29, 1.82) is 0 Å². The Morgan fingerprint density at radius 1 is 1.13 bits per heavy atom. The number of carbonyl (C=O) groups is 1. The number of anilines is 1. The number of amides is 1. The van der Waals surface area contributed by atoms with Crippen molar-refractivity contribution >= 4 is 48.5 Å². The second kappa shape index (κ2) is 8.91. The minimum absolute atomic E-state index is 0.131. The Hall–Kier alpha value is -2.16. The molecule has 8 heteroatoms. The van der Waals surface area contributed by atoms with Crippen LogP contribution in [-0.2, 0) is 4.79 Å². The normalized spacial score (nSPS) is 18.0. The molecule has 1 aliphatic rings. The Kier molecular flexibility index (Phi) is 6.26. The lowest BCUT2D eigenvalue weighted by Gasteiger charge is -2.33. The monoisotopic (exact) mass is 489 g/mol. The Morgan fingerprint density at radius 2 is 1.87 bits per heavy atom. The summed E-state index contributed by atoms with van der Waals surface area (Å²) >= 11 is 5.02. The number of nitrogens with zero attached hydrogens (tertiary/aromatic N) is 3. The Morgan fingerprint density at radius 3 is 2.60 bits per heavy atom. The summed E-state index contributed by atoms with van der Waals surface area (Å²) in [5.74, 6) is 1.13. The molecule has 1 aliphatic heterocycles. The molecule has 158 valence electrons. The maximum atomic E-state index is 13.6. The molecule has 30 heavy (non-hydrogen) atoms. The average Bonchev–Trinajstić information content (AvgIpc) is 3.12. The van der Waals surface area contributed by atoms with Crippen LogP contribution >= 0.6 is 27.3 Å². The van der Waals surface area contributed by atoms with E-state index in [1.165, 1.54) is 11.3 Å². The van der Waals surface area contributed by atoms with Crippen LogP contribution in [0.15, 0.2) is 46.9 Å². The lowest BCUT2D eigenvalue weighted by molar-refractivity contribution is -0.130. The van der Waals surface area contributed by atoms with E-state index in [-0.39, 0.29) is 5.91 Å². The fraction of sp³-hybridized carbons (Fsp3) is 0.364. The van der Waals surface area contributed by atoms with Crippen LogP contribution in [0.1, 0.15) is 13.3 Å². The summed E-state index contributed by atoms with van der Waals surface area (Å²) in [5.41, 5.74) is 0.878. The topological polar surface area (TPSA) is 54.9 Å². The molecule has 6 nitrogen and oxygen atoms in total. The molecule has 0 saturated carbocycles. The lowest BCUT2D eigenvalue weighted by Crippen LogP contribution is -2.51. The molecule has 2 aromatic carbocycles. The zero-order chi connectivity index (χ0) is 21.3. The third-order valence-corrected chi connectivity index (χ3v) is 6.44. The van der Waals surface area contributed by atoms with Gasteiger partial charge in [0.2, 0.25) is 6.10 Å². The first-order chi connectivity index (χ1) is 14.4. The zero-order valence-corrected chi connectivity index (χ0v) is 19.6. The molecule has 3 aromatic rings. The highest BCUT2D eigenvalue weighted by Gasteiger charge is 2.38. The first kappa shape index (κ1) is 21.1. The summed E-state index contributed by atoms with van der Waals surface area (Å²) in [5, 5.41) is 0.682. The minimum Gasteiger partial charge on any atom is -0.482 e. The maximum Gasteiger partial charge on any atom is 0.273 e. The predicted molar refractivity (Wildman–Crippen MR) is 124 cm³/mol. The molecule has 2 unspecified atom stereocenters. The minimum atomic E-state index is -0.724. The molecule has 0 N–H and O–H groups in total. The number of thiazole rings is 1. The van der Waals surface area contributed by atoms with Crippen molar-refractivity contribution in [3.63, 3.8) is 0 Å². The third kappa shape index (κ3) is 4.45. The SMILES string of the molecule is CC1Oc2ccccc2OC1C(=O)N(CCCN(C)C)c1nc2ccc(Br)cc2s1. The summed E-state index contributed by atoms with van der Waals surface area (Å²) in [7, 11) is 4.05. The van der Waals surface area contributed by atoms with Crippen LogP contribution in [0.25, 0.3) is 10.2 Å². The standard InChI is InChI=1S/C22H24BrN3O3S/c1-14-20(29-18-8-5-4-7-17(18)28-14)21(27)26(12-6-11-25(2)3)22-24-16-10-9-15(23)13-19(16)30-22/h4-5,7-10,13-14,20H,6,11-12H2,1-3H3. The summed E-state index contributed by atoms with van der Waals surface area (Å²) in [6, 6.07) is 13.4. The van der Waals surface area contributed by atoms with Crippen molar-refractivity contribution in [2.75, 3.05) is 32.1 Å². The maximum absolute atomic E-state index is 13.6. The van der Waals surface area contributed by atoms with Crippen molar-refractivity contribution in [3.05, 3.63) is 46.9 Å². The summed E-state index contributed by atoms with van der Waals surface area (Å²) in [6.07, 6.45) is -0.290. The van der Waals surface area contributed by atoms with Crippen molar-refractivity contribution in [2.24, 2.45) is 0 Å². The Labute approximate surface area is 188 Å². The van der Waals surface area contributed by atoms with E-state index in [0.717, 1.165) is 27.7 Å². The number of benzene rings is 2. The highest BCUT2D eigenvalue weighted by atomic mass is 79.9. The van der Waals surface area contributed by atoms with Gasteiger partial charge in [-0.15, -0.1) is 0 Å². The number of hydrogen-bond acceptors (Lipinski definition) is 6. The van der Waals surface area contributed by atoms with Gasteiger partial charge in [0.15, 0.2) is 16.6 Å². The second-order valence-corrected chi connectivity index (χ2v) is 9.49. The fourth-order valence-electron chi connectivity index (χ4n) is 3.39. The first-order valence-electron chi connectivity index (χ1n) is 9.87. The number of fused-ring (bicyclic) bond motifs is 2. The quantitative estimate of drug-likeness (QED) is 0.507. The molecule has 2 heterocycles. The lowest BCUT2D eigenvalue weighted by atomic mass is 10.1. The van der Waals surface area contributed by atoms with Gasteiger partial charge < -0.3 is 14.4 Å². The smallest absolute Gasteiger partial charge is 0.273 e. The molecule has 0 spiro atoms. The van der Waals surface area contributed by atoms with Crippen LogP contribution in [0.5, 0.6) is 11.5 Å². The molecule has 4 rings (SSSR count). The molecule has 1 amide bonds. The van der Waals surface area contributed by atoms with E-state index in [2.05, 4.69) is 20.8 Å². The summed E-state index contributed by atoms with van der Waals surface area (Å²) in [4.78, 5) is 22.2. The highest BCUT2D eigenvalue weighted by Crippen LogP contribution is 2.36. The Bertz CT molecular complexity index is 1060. The molecular formula is C22H24BrN3O3S. The Balaban J connectivity index is 1.63. The number of carbonyl (C=O) groups excluding carboxylic acids is 1. The van der Waals surface area contributed by atoms with E-state index in [9.17, 15) is 4.79 Å². The predicted octanol–water partition coefficient (Wildman–Crippen LogP) is 4.57. The first-order valence-corrected chi connectivity index (χ1v) is 11.5. The van der Waals surface area contributed by atoms with Crippen LogP contribution < -0.4 is 14.4 Å². The summed E-state index contributed by atoms with van der Waals surface area (Å²) < 4.78 is 14.1. The van der Waals surface area contributed by atoms with E-state index < -0.39 is 12.2 Å². The van der Waals surface area contributed by atoms with Gasteiger partial charge in [0.05, 0.1) is 10.2 Å².